The van der Waals surface area contributed by atoms with E-state index in [4.69, 9.17) is 4.74 Å². The maximum atomic E-state index is 13.0. The number of thioether (sulfide) groups is 1. The van der Waals surface area contributed by atoms with Gasteiger partial charge in [-0.05, 0) is 37.7 Å². The lowest BCUT2D eigenvalue weighted by atomic mass is 10.2. The molecule has 0 amide bonds. The van der Waals surface area contributed by atoms with Crippen molar-refractivity contribution in [2.24, 2.45) is 4.99 Å². The van der Waals surface area contributed by atoms with Crippen molar-refractivity contribution in [1.82, 2.24) is 10.6 Å². The standard InChI is InChI=1S/C16H24FN3OS.HI/c1-2-18-16(20-12-15-7-4-10-22-15)19-8-9-21-14-6-3-5-13(17)11-14;/h3,5-6,11,15H,2,4,7-10,12H2,1H3,(H2,18,19,20);1H. The Kier molecular flexibility index (Phi) is 10.4. The molecule has 0 bridgehead atoms. The Balaban J connectivity index is 0.00000264. The van der Waals surface area contributed by atoms with Crippen molar-refractivity contribution in [3.8, 4) is 5.75 Å². The van der Waals surface area contributed by atoms with Gasteiger partial charge in [-0.15, -0.1) is 24.0 Å². The summed E-state index contributed by atoms with van der Waals surface area (Å²) in [5.74, 6) is 2.34. The Morgan fingerprint density at radius 2 is 2.30 bits per heavy atom. The number of guanidine groups is 1. The van der Waals surface area contributed by atoms with Gasteiger partial charge in [-0.3, -0.25) is 4.99 Å². The second kappa shape index (κ2) is 11.8. The SMILES string of the molecule is CCNC(=NCC1CCCS1)NCCOc1cccc(F)c1.I. The summed E-state index contributed by atoms with van der Waals surface area (Å²) >= 11 is 2.01. The summed E-state index contributed by atoms with van der Waals surface area (Å²) in [6, 6.07) is 6.18. The summed E-state index contributed by atoms with van der Waals surface area (Å²) in [4.78, 5) is 4.61. The number of ether oxygens (including phenoxy) is 1. The van der Waals surface area contributed by atoms with Gasteiger partial charge in [0.05, 0.1) is 13.1 Å². The van der Waals surface area contributed by atoms with Crippen LogP contribution in [0.2, 0.25) is 0 Å². The van der Waals surface area contributed by atoms with Crippen LogP contribution in [0, 0.1) is 5.82 Å². The second-order valence-corrected chi connectivity index (χ2v) is 6.50. The normalized spacial score (nSPS) is 17.5. The lowest BCUT2D eigenvalue weighted by molar-refractivity contribution is 0.320. The number of hydrogen-bond acceptors (Lipinski definition) is 3. The molecular weight excluding hydrogens is 428 g/mol. The van der Waals surface area contributed by atoms with Gasteiger partial charge in [-0.1, -0.05) is 6.07 Å². The Morgan fingerprint density at radius 3 is 3.00 bits per heavy atom. The van der Waals surface area contributed by atoms with E-state index in [9.17, 15) is 4.39 Å². The number of benzene rings is 1. The average Bonchev–Trinajstić information content (AvgIpc) is 3.02. The molecule has 1 saturated heterocycles. The van der Waals surface area contributed by atoms with E-state index in [0.717, 1.165) is 19.0 Å². The van der Waals surface area contributed by atoms with Crippen LogP contribution in [-0.4, -0.2) is 43.2 Å². The third-order valence-corrected chi connectivity index (χ3v) is 4.66. The molecule has 1 aliphatic heterocycles. The van der Waals surface area contributed by atoms with Gasteiger partial charge in [0.1, 0.15) is 18.2 Å². The van der Waals surface area contributed by atoms with Crippen molar-refractivity contribution in [3.05, 3.63) is 30.1 Å². The van der Waals surface area contributed by atoms with E-state index < -0.39 is 0 Å². The highest BCUT2D eigenvalue weighted by Gasteiger charge is 2.14. The molecule has 1 aliphatic rings. The molecule has 1 atom stereocenters. The molecule has 0 radical (unpaired) electrons. The van der Waals surface area contributed by atoms with Crippen LogP contribution in [0.1, 0.15) is 19.8 Å². The fourth-order valence-electron chi connectivity index (χ4n) is 2.22. The molecule has 0 aliphatic carbocycles. The van der Waals surface area contributed by atoms with Crippen molar-refractivity contribution in [2.45, 2.75) is 25.0 Å². The van der Waals surface area contributed by atoms with Gasteiger partial charge < -0.3 is 15.4 Å². The fourth-order valence-corrected chi connectivity index (χ4v) is 3.40. The molecule has 4 nitrogen and oxygen atoms in total. The van der Waals surface area contributed by atoms with Gasteiger partial charge in [0.25, 0.3) is 0 Å². The molecule has 7 heteroatoms. The van der Waals surface area contributed by atoms with Gasteiger partial charge in [-0.25, -0.2) is 4.39 Å². The first-order valence-corrected chi connectivity index (χ1v) is 8.85. The Labute approximate surface area is 159 Å². The molecule has 0 aromatic heterocycles. The molecule has 0 spiro atoms. The Bertz CT molecular complexity index is 484. The molecule has 1 aromatic rings. The Morgan fingerprint density at radius 1 is 1.43 bits per heavy atom. The van der Waals surface area contributed by atoms with Crippen molar-refractivity contribution < 1.29 is 9.13 Å². The Hall–Kier alpha value is -0.700. The van der Waals surface area contributed by atoms with Gasteiger partial charge in [0.15, 0.2) is 5.96 Å². The summed E-state index contributed by atoms with van der Waals surface area (Å²) < 4.78 is 18.5. The van der Waals surface area contributed by atoms with E-state index in [1.165, 1.54) is 30.7 Å². The summed E-state index contributed by atoms with van der Waals surface area (Å²) in [6.07, 6.45) is 2.56. The number of nitrogens with one attached hydrogen (secondary N) is 2. The molecule has 23 heavy (non-hydrogen) atoms. The summed E-state index contributed by atoms with van der Waals surface area (Å²) in [6.45, 7) is 4.82. The summed E-state index contributed by atoms with van der Waals surface area (Å²) in [7, 11) is 0. The lowest BCUT2D eigenvalue weighted by Crippen LogP contribution is -2.39. The molecule has 2 rings (SSSR count). The minimum absolute atomic E-state index is 0. The lowest BCUT2D eigenvalue weighted by Gasteiger charge is -2.13. The third kappa shape index (κ3) is 8.10. The van der Waals surface area contributed by atoms with Crippen LogP contribution in [0.15, 0.2) is 29.3 Å². The first kappa shape index (κ1) is 20.3. The van der Waals surface area contributed by atoms with Crippen molar-refractivity contribution in [1.29, 1.82) is 0 Å². The van der Waals surface area contributed by atoms with Gasteiger partial charge in [0.2, 0.25) is 0 Å². The highest BCUT2D eigenvalue weighted by Crippen LogP contribution is 2.25. The first-order valence-electron chi connectivity index (χ1n) is 7.80. The molecule has 1 unspecified atom stereocenters. The highest BCUT2D eigenvalue weighted by molar-refractivity contribution is 14.0. The molecule has 1 heterocycles. The minimum atomic E-state index is -0.283. The maximum Gasteiger partial charge on any atom is 0.191 e. The number of hydrogen-bond donors (Lipinski definition) is 2. The topological polar surface area (TPSA) is 45.7 Å². The quantitative estimate of drug-likeness (QED) is 0.288. The van der Waals surface area contributed by atoms with Gasteiger partial charge in [-0.2, -0.15) is 11.8 Å². The van der Waals surface area contributed by atoms with Crippen molar-refractivity contribution in [3.63, 3.8) is 0 Å². The predicted octanol–water partition coefficient (Wildman–Crippen LogP) is 3.27. The molecule has 130 valence electrons. The number of rotatable bonds is 7. The van der Waals surface area contributed by atoms with E-state index in [1.807, 2.05) is 18.7 Å². The maximum absolute atomic E-state index is 13.0. The van der Waals surface area contributed by atoms with E-state index in [2.05, 4.69) is 15.6 Å². The third-order valence-electron chi connectivity index (χ3n) is 3.28. The van der Waals surface area contributed by atoms with Crippen LogP contribution in [-0.2, 0) is 0 Å². The first-order chi connectivity index (χ1) is 10.8. The van der Waals surface area contributed by atoms with Gasteiger partial charge in [0, 0.05) is 17.9 Å². The largest absolute Gasteiger partial charge is 0.492 e. The zero-order chi connectivity index (χ0) is 15.6. The van der Waals surface area contributed by atoms with Crippen molar-refractivity contribution in [2.75, 3.05) is 32.0 Å². The smallest absolute Gasteiger partial charge is 0.191 e. The van der Waals surface area contributed by atoms with Crippen LogP contribution >= 0.6 is 35.7 Å². The minimum Gasteiger partial charge on any atom is -0.492 e. The molecule has 1 aromatic carbocycles. The van der Waals surface area contributed by atoms with E-state index >= 15 is 0 Å². The van der Waals surface area contributed by atoms with E-state index in [-0.39, 0.29) is 29.8 Å². The molecule has 1 fully saturated rings. The summed E-state index contributed by atoms with van der Waals surface area (Å²) in [5.41, 5.74) is 0. The van der Waals surface area contributed by atoms with Crippen LogP contribution in [0.5, 0.6) is 5.75 Å². The van der Waals surface area contributed by atoms with Gasteiger partial charge >= 0.3 is 0 Å². The molecular formula is C16H25FIN3OS. The number of aliphatic imine (C=N–C) groups is 1. The van der Waals surface area contributed by atoms with Crippen molar-refractivity contribution >= 4 is 41.7 Å². The highest BCUT2D eigenvalue weighted by atomic mass is 127. The second-order valence-electron chi connectivity index (χ2n) is 5.09. The zero-order valence-corrected chi connectivity index (χ0v) is 16.5. The van der Waals surface area contributed by atoms with Crippen LogP contribution < -0.4 is 15.4 Å². The fraction of sp³-hybridized carbons (Fsp3) is 0.562. The monoisotopic (exact) mass is 453 g/mol. The molecule has 0 saturated carbocycles. The van der Waals surface area contributed by atoms with Crippen LogP contribution in [0.4, 0.5) is 4.39 Å². The number of nitrogens with zero attached hydrogens (tertiary/aromatic N) is 1. The molecule has 2 N–H and O–H groups in total. The number of halogens is 2. The zero-order valence-electron chi connectivity index (χ0n) is 13.4. The van der Waals surface area contributed by atoms with E-state index in [1.54, 1.807) is 12.1 Å². The summed E-state index contributed by atoms with van der Waals surface area (Å²) in [5, 5.41) is 7.12. The van der Waals surface area contributed by atoms with Crippen LogP contribution in [0.25, 0.3) is 0 Å². The van der Waals surface area contributed by atoms with Crippen LogP contribution in [0.3, 0.4) is 0 Å². The van der Waals surface area contributed by atoms with E-state index in [0.29, 0.717) is 24.2 Å². The predicted molar refractivity (Wildman–Crippen MR) is 107 cm³/mol. The average molecular weight is 453 g/mol.